The fourth-order valence-electron chi connectivity index (χ4n) is 4.28. The summed E-state index contributed by atoms with van der Waals surface area (Å²) in [6, 6.07) is 9.72. The smallest absolute Gasteiger partial charge is 0.140 e. The van der Waals surface area contributed by atoms with Gasteiger partial charge in [-0.3, -0.25) is 4.90 Å². The third kappa shape index (κ3) is 3.43. The van der Waals surface area contributed by atoms with Gasteiger partial charge in [-0.1, -0.05) is 38.1 Å². The molecule has 3 atom stereocenters. The number of benzene rings is 1. The SMILES string of the molecule is CC(C)c1ccc(-c2nccn2[C@H]2C[C@H]3CO[C@@H](CCO)CN3C2)cc1. The quantitative estimate of drug-likeness (QED) is 0.896. The van der Waals surface area contributed by atoms with Crippen LogP contribution in [0.15, 0.2) is 36.7 Å². The predicted octanol–water partition coefficient (Wildman–Crippen LogP) is 3.07. The summed E-state index contributed by atoms with van der Waals surface area (Å²) in [7, 11) is 0. The van der Waals surface area contributed by atoms with Gasteiger partial charge in [0.1, 0.15) is 5.82 Å². The molecule has 2 aromatic rings. The normalized spacial score (nSPS) is 26.4. The Labute approximate surface area is 155 Å². The second-order valence-electron chi connectivity index (χ2n) is 7.90. The molecule has 0 bridgehead atoms. The minimum absolute atomic E-state index is 0.167. The van der Waals surface area contributed by atoms with Crippen LogP contribution in [-0.2, 0) is 4.74 Å². The molecule has 1 N–H and O–H groups in total. The van der Waals surface area contributed by atoms with Crippen molar-refractivity contribution in [3.8, 4) is 11.4 Å². The van der Waals surface area contributed by atoms with Gasteiger partial charge in [0.15, 0.2) is 0 Å². The topological polar surface area (TPSA) is 50.5 Å². The Bertz CT molecular complexity index is 725. The molecule has 0 unspecified atom stereocenters. The van der Waals surface area contributed by atoms with Gasteiger partial charge >= 0.3 is 0 Å². The molecule has 4 rings (SSSR count). The van der Waals surface area contributed by atoms with E-state index in [1.165, 1.54) is 11.1 Å². The molecular formula is C21H29N3O2. The Hall–Kier alpha value is -1.69. The molecule has 140 valence electrons. The fourth-order valence-corrected chi connectivity index (χ4v) is 4.28. The van der Waals surface area contributed by atoms with Gasteiger partial charge in [0.2, 0.25) is 0 Å². The number of nitrogens with zero attached hydrogens (tertiary/aromatic N) is 3. The van der Waals surface area contributed by atoms with E-state index in [2.05, 4.69) is 58.8 Å². The summed E-state index contributed by atoms with van der Waals surface area (Å²) in [6.45, 7) is 7.37. The highest BCUT2D eigenvalue weighted by molar-refractivity contribution is 5.56. The van der Waals surface area contributed by atoms with E-state index in [0.717, 1.165) is 38.4 Å². The number of hydrogen-bond donors (Lipinski definition) is 1. The van der Waals surface area contributed by atoms with Crippen LogP contribution in [0.1, 0.15) is 44.2 Å². The van der Waals surface area contributed by atoms with Crippen molar-refractivity contribution in [1.29, 1.82) is 0 Å². The van der Waals surface area contributed by atoms with Crippen molar-refractivity contribution in [3.63, 3.8) is 0 Å². The van der Waals surface area contributed by atoms with E-state index in [4.69, 9.17) is 9.84 Å². The number of aliphatic hydroxyl groups is 1. The summed E-state index contributed by atoms with van der Waals surface area (Å²) >= 11 is 0. The summed E-state index contributed by atoms with van der Waals surface area (Å²) in [4.78, 5) is 7.18. The van der Waals surface area contributed by atoms with Crippen LogP contribution in [0.2, 0.25) is 0 Å². The maximum Gasteiger partial charge on any atom is 0.140 e. The standard InChI is InChI=1S/C21H29N3O2/c1-15(2)16-3-5-17(6-4-16)21-22-8-9-24(21)18-11-19-14-26-20(7-10-25)13-23(19)12-18/h3-6,8-9,15,18-20,25H,7,10-14H2,1-2H3/t18-,19-,20-/m0/s1. The maximum absolute atomic E-state index is 9.17. The lowest BCUT2D eigenvalue weighted by molar-refractivity contribution is -0.0567. The van der Waals surface area contributed by atoms with Crippen LogP contribution in [0, 0.1) is 0 Å². The molecule has 2 fully saturated rings. The molecule has 1 aromatic carbocycles. The lowest BCUT2D eigenvalue weighted by atomic mass is 10.0. The van der Waals surface area contributed by atoms with Gasteiger partial charge in [0.05, 0.1) is 12.7 Å². The monoisotopic (exact) mass is 355 g/mol. The van der Waals surface area contributed by atoms with E-state index in [1.807, 2.05) is 6.20 Å². The third-order valence-corrected chi connectivity index (χ3v) is 5.82. The van der Waals surface area contributed by atoms with Crippen molar-refractivity contribution in [3.05, 3.63) is 42.2 Å². The van der Waals surface area contributed by atoms with Crippen molar-refractivity contribution >= 4 is 0 Å². The van der Waals surface area contributed by atoms with E-state index in [0.29, 0.717) is 18.0 Å². The second-order valence-corrected chi connectivity index (χ2v) is 7.90. The second kappa shape index (κ2) is 7.51. The van der Waals surface area contributed by atoms with Gasteiger partial charge in [-0.2, -0.15) is 0 Å². The number of hydrogen-bond acceptors (Lipinski definition) is 4. The van der Waals surface area contributed by atoms with Crippen LogP contribution in [0.4, 0.5) is 0 Å². The van der Waals surface area contributed by atoms with E-state index < -0.39 is 0 Å². The van der Waals surface area contributed by atoms with Gasteiger partial charge in [0, 0.05) is 49.7 Å². The Kier molecular flexibility index (Phi) is 5.11. The molecule has 2 aliphatic rings. The molecule has 0 spiro atoms. The summed E-state index contributed by atoms with van der Waals surface area (Å²) in [6.07, 6.45) is 6.02. The molecule has 1 aromatic heterocycles. The highest BCUT2D eigenvalue weighted by Gasteiger charge is 2.38. The number of aliphatic hydroxyl groups excluding tert-OH is 1. The summed E-state index contributed by atoms with van der Waals surface area (Å²) < 4.78 is 8.26. The minimum Gasteiger partial charge on any atom is -0.396 e. The van der Waals surface area contributed by atoms with Crippen LogP contribution in [0.3, 0.4) is 0 Å². The molecule has 2 saturated heterocycles. The Morgan fingerprint density at radius 3 is 2.73 bits per heavy atom. The third-order valence-electron chi connectivity index (χ3n) is 5.82. The minimum atomic E-state index is 0.167. The molecule has 0 radical (unpaired) electrons. The van der Waals surface area contributed by atoms with Crippen LogP contribution in [0.5, 0.6) is 0 Å². The Morgan fingerprint density at radius 2 is 2.00 bits per heavy atom. The zero-order valence-electron chi connectivity index (χ0n) is 15.7. The van der Waals surface area contributed by atoms with E-state index in [1.54, 1.807) is 0 Å². The molecule has 0 saturated carbocycles. The number of morpholine rings is 1. The first kappa shape index (κ1) is 17.7. The van der Waals surface area contributed by atoms with E-state index in [9.17, 15) is 0 Å². The lowest BCUT2D eigenvalue weighted by Gasteiger charge is -2.34. The highest BCUT2D eigenvalue weighted by Crippen LogP contribution is 2.34. The number of imidazole rings is 1. The van der Waals surface area contributed by atoms with Gasteiger partial charge in [0.25, 0.3) is 0 Å². The number of ether oxygens (including phenoxy) is 1. The zero-order chi connectivity index (χ0) is 18.1. The van der Waals surface area contributed by atoms with Gasteiger partial charge < -0.3 is 14.4 Å². The largest absolute Gasteiger partial charge is 0.396 e. The van der Waals surface area contributed by atoms with E-state index >= 15 is 0 Å². The van der Waals surface area contributed by atoms with Gasteiger partial charge in [-0.05, 0) is 24.3 Å². The zero-order valence-corrected chi connectivity index (χ0v) is 15.7. The summed E-state index contributed by atoms with van der Waals surface area (Å²) in [5, 5.41) is 9.17. The van der Waals surface area contributed by atoms with Crippen LogP contribution < -0.4 is 0 Å². The highest BCUT2D eigenvalue weighted by atomic mass is 16.5. The lowest BCUT2D eigenvalue weighted by Crippen LogP contribution is -2.46. The van der Waals surface area contributed by atoms with Gasteiger partial charge in [-0.15, -0.1) is 0 Å². The molecule has 5 heteroatoms. The predicted molar refractivity (Wildman–Crippen MR) is 102 cm³/mol. The number of fused-ring (bicyclic) bond motifs is 1. The van der Waals surface area contributed by atoms with Crippen molar-refractivity contribution in [2.24, 2.45) is 0 Å². The van der Waals surface area contributed by atoms with Crippen LogP contribution in [0.25, 0.3) is 11.4 Å². The Morgan fingerprint density at radius 1 is 1.19 bits per heavy atom. The first-order chi connectivity index (χ1) is 12.7. The molecule has 0 amide bonds. The first-order valence-electron chi connectivity index (χ1n) is 9.75. The van der Waals surface area contributed by atoms with Crippen molar-refractivity contribution in [2.45, 2.75) is 50.8 Å². The molecule has 3 heterocycles. The molecule has 26 heavy (non-hydrogen) atoms. The van der Waals surface area contributed by atoms with Gasteiger partial charge in [-0.25, -0.2) is 4.98 Å². The molecule has 5 nitrogen and oxygen atoms in total. The van der Waals surface area contributed by atoms with Crippen molar-refractivity contribution in [2.75, 3.05) is 26.3 Å². The number of aromatic nitrogens is 2. The fraction of sp³-hybridized carbons (Fsp3) is 0.571. The van der Waals surface area contributed by atoms with Crippen LogP contribution in [-0.4, -0.2) is 58.0 Å². The summed E-state index contributed by atoms with van der Waals surface area (Å²) in [5.41, 5.74) is 2.54. The summed E-state index contributed by atoms with van der Waals surface area (Å²) in [5.74, 6) is 1.60. The average molecular weight is 355 g/mol. The first-order valence-corrected chi connectivity index (χ1v) is 9.75. The maximum atomic E-state index is 9.17. The molecule has 0 aliphatic carbocycles. The number of rotatable bonds is 5. The van der Waals surface area contributed by atoms with Crippen LogP contribution >= 0.6 is 0 Å². The Balaban J connectivity index is 1.51. The molecular weight excluding hydrogens is 326 g/mol. The molecule has 2 aliphatic heterocycles. The van der Waals surface area contributed by atoms with Crippen molar-refractivity contribution in [1.82, 2.24) is 14.5 Å². The van der Waals surface area contributed by atoms with E-state index in [-0.39, 0.29) is 12.7 Å². The average Bonchev–Trinajstić information content (AvgIpc) is 3.28. The van der Waals surface area contributed by atoms with Crippen molar-refractivity contribution < 1.29 is 9.84 Å².